The second-order valence-electron chi connectivity index (χ2n) is 10.5. The number of sulfonamides is 1. The number of nitrogens with one attached hydrogen (secondary N) is 1. The number of ether oxygens (including phenoxy) is 1. The molecule has 0 saturated heterocycles. The van der Waals surface area contributed by atoms with Crippen LogP contribution in [0.25, 0.3) is 0 Å². The highest BCUT2D eigenvalue weighted by Gasteiger charge is 2.33. The van der Waals surface area contributed by atoms with Crippen molar-refractivity contribution in [1.29, 1.82) is 0 Å². The Labute approximate surface area is 264 Å². The van der Waals surface area contributed by atoms with Gasteiger partial charge in [-0.1, -0.05) is 68.8 Å². The van der Waals surface area contributed by atoms with Crippen LogP contribution in [0.1, 0.15) is 38.7 Å². The molecule has 0 bridgehead atoms. The van der Waals surface area contributed by atoms with Gasteiger partial charge in [-0.2, -0.15) is 0 Å². The number of amides is 2. The zero-order valence-corrected chi connectivity index (χ0v) is 26.3. The lowest BCUT2D eigenvalue weighted by atomic mass is 10.1. The van der Waals surface area contributed by atoms with Gasteiger partial charge < -0.3 is 15.0 Å². The molecule has 45 heavy (non-hydrogen) atoms. The molecule has 0 spiro atoms. The van der Waals surface area contributed by atoms with E-state index in [1.807, 2.05) is 25.1 Å². The summed E-state index contributed by atoms with van der Waals surface area (Å²) in [7, 11) is -4.21. The Morgan fingerprint density at radius 1 is 0.822 bits per heavy atom. The number of hydrogen-bond donors (Lipinski definition) is 1. The van der Waals surface area contributed by atoms with E-state index in [-0.39, 0.29) is 23.0 Å². The fourth-order valence-corrected chi connectivity index (χ4v) is 6.20. The molecule has 1 atom stereocenters. The molecule has 0 aliphatic heterocycles. The predicted octanol–water partition coefficient (Wildman–Crippen LogP) is 6.54. The quantitative estimate of drug-likeness (QED) is 0.150. The van der Waals surface area contributed by atoms with Crippen LogP contribution in [0.3, 0.4) is 0 Å². The normalized spacial score (nSPS) is 11.8. The van der Waals surface area contributed by atoms with Crippen LogP contribution in [0.2, 0.25) is 0 Å². The summed E-state index contributed by atoms with van der Waals surface area (Å²) in [5.74, 6) is -0.238. The molecular formula is C35H38FN3O5S. The standard InChI is InChI=1S/C35H38FN3O5S/c1-3-5-24-37-35(41)33(4-2)38(25-27-16-18-28(36)19-17-27)34(40)26-39(45(42,43)32-14-10-7-11-15-32)29-20-22-31(23-21-29)44-30-12-8-6-9-13-30/h6-23,33H,3-5,24-26H2,1-2H3,(H,37,41)/t33-/m0/s1. The Bertz CT molecular complexity index is 1630. The van der Waals surface area contributed by atoms with Gasteiger partial charge in [-0.15, -0.1) is 0 Å². The summed E-state index contributed by atoms with van der Waals surface area (Å²) in [6.07, 6.45) is 1.96. The van der Waals surface area contributed by atoms with E-state index in [0.29, 0.717) is 30.0 Å². The van der Waals surface area contributed by atoms with Gasteiger partial charge in [0.25, 0.3) is 10.0 Å². The molecule has 1 N–H and O–H groups in total. The largest absolute Gasteiger partial charge is 0.457 e. The summed E-state index contributed by atoms with van der Waals surface area (Å²) < 4.78 is 48.6. The van der Waals surface area contributed by atoms with Crippen LogP contribution in [0.15, 0.2) is 114 Å². The minimum Gasteiger partial charge on any atom is -0.457 e. The molecule has 4 rings (SSSR count). The number of unbranched alkanes of at least 4 members (excludes halogenated alkanes) is 1. The molecule has 0 saturated carbocycles. The van der Waals surface area contributed by atoms with Crippen LogP contribution < -0.4 is 14.4 Å². The smallest absolute Gasteiger partial charge is 0.264 e. The van der Waals surface area contributed by atoms with Crippen molar-refractivity contribution in [2.45, 2.75) is 50.6 Å². The lowest BCUT2D eigenvalue weighted by Crippen LogP contribution is -2.52. The topological polar surface area (TPSA) is 96.0 Å². The number of carbonyl (C=O) groups is 2. The fourth-order valence-electron chi connectivity index (χ4n) is 4.77. The average Bonchev–Trinajstić information content (AvgIpc) is 3.06. The zero-order chi connectivity index (χ0) is 32.2. The number of benzene rings is 4. The van der Waals surface area contributed by atoms with Crippen molar-refractivity contribution < 1.29 is 27.1 Å². The van der Waals surface area contributed by atoms with Crippen LogP contribution in [0.5, 0.6) is 11.5 Å². The molecule has 0 fully saturated rings. The van der Waals surface area contributed by atoms with E-state index < -0.39 is 34.3 Å². The number of halogens is 1. The van der Waals surface area contributed by atoms with E-state index >= 15 is 0 Å². The monoisotopic (exact) mass is 631 g/mol. The number of rotatable bonds is 15. The number of carbonyl (C=O) groups excluding carboxylic acids is 2. The maximum absolute atomic E-state index is 14.2. The molecular weight excluding hydrogens is 593 g/mol. The SMILES string of the molecule is CCCCNC(=O)[C@H](CC)N(Cc1ccc(F)cc1)C(=O)CN(c1ccc(Oc2ccccc2)cc1)S(=O)(=O)c1ccccc1. The fraction of sp³-hybridized carbons (Fsp3) is 0.257. The first kappa shape index (κ1) is 33.2. The number of para-hydroxylation sites is 1. The minimum absolute atomic E-state index is 0.0110. The van der Waals surface area contributed by atoms with E-state index in [2.05, 4.69) is 5.32 Å². The van der Waals surface area contributed by atoms with E-state index in [1.165, 1.54) is 29.2 Å². The maximum Gasteiger partial charge on any atom is 0.264 e. The lowest BCUT2D eigenvalue weighted by molar-refractivity contribution is -0.140. The van der Waals surface area contributed by atoms with Crippen molar-refractivity contribution in [2.75, 3.05) is 17.4 Å². The Morgan fingerprint density at radius 2 is 1.42 bits per heavy atom. The van der Waals surface area contributed by atoms with Crippen LogP contribution in [-0.4, -0.2) is 44.3 Å². The number of nitrogens with zero attached hydrogens (tertiary/aromatic N) is 2. The van der Waals surface area contributed by atoms with Crippen LogP contribution >= 0.6 is 0 Å². The molecule has 0 aliphatic carbocycles. The summed E-state index contributed by atoms with van der Waals surface area (Å²) >= 11 is 0. The van der Waals surface area contributed by atoms with Crippen molar-refractivity contribution in [1.82, 2.24) is 10.2 Å². The third-order valence-electron chi connectivity index (χ3n) is 7.20. The van der Waals surface area contributed by atoms with Crippen molar-refractivity contribution in [3.05, 3.63) is 121 Å². The first-order chi connectivity index (χ1) is 21.7. The first-order valence-corrected chi connectivity index (χ1v) is 16.4. The molecule has 0 radical (unpaired) electrons. The lowest BCUT2D eigenvalue weighted by Gasteiger charge is -2.33. The Morgan fingerprint density at radius 3 is 2.02 bits per heavy atom. The molecule has 10 heteroatoms. The van der Waals surface area contributed by atoms with Gasteiger partial charge in [-0.25, -0.2) is 12.8 Å². The van der Waals surface area contributed by atoms with Gasteiger partial charge in [-0.05, 0) is 79.1 Å². The Hall–Kier alpha value is -4.70. The summed E-state index contributed by atoms with van der Waals surface area (Å²) in [5.41, 5.74) is 0.847. The van der Waals surface area contributed by atoms with E-state index in [1.54, 1.807) is 73.7 Å². The molecule has 0 unspecified atom stereocenters. The third kappa shape index (κ3) is 8.92. The summed E-state index contributed by atoms with van der Waals surface area (Å²) in [4.78, 5) is 28.8. The van der Waals surface area contributed by atoms with Gasteiger partial charge in [0.15, 0.2) is 0 Å². The molecule has 4 aromatic carbocycles. The summed E-state index contributed by atoms with van der Waals surface area (Å²) in [6.45, 7) is 3.67. The average molecular weight is 632 g/mol. The zero-order valence-electron chi connectivity index (χ0n) is 25.4. The van der Waals surface area contributed by atoms with Crippen molar-refractivity contribution >= 4 is 27.5 Å². The molecule has 236 valence electrons. The molecule has 8 nitrogen and oxygen atoms in total. The van der Waals surface area contributed by atoms with Crippen LogP contribution in [0, 0.1) is 5.82 Å². The van der Waals surface area contributed by atoms with E-state index in [9.17, 15) is 22.4 Å². The highest BCUT2D eigenvalue weighted by Crippen LogP contribution is 2.28. The minimum atomic E-state index is -4.21. The predicted molar refractivity (Wildman–Crippen MR) is 173 cm³/mol. The van der Waals surface area contributed by atoms with Crippen molar-refractivity contribution in [3.8, 4) is 11.5 Å². The molecule has 0 aromatic heterocycles. The van der Waals surface area contributed by atoms with E-state index in [0.717, 1.165) is 17.1 Å². The number of anilines is 1. The molecule has 0 aliphatic rings. The van der Waals surface area contributed by atoms with Gasteiger partial charge >= 0.3 is 0 Å². The molecule has 2 amide bonds. The third-order valence-corrected chi connectivity index (χ3v) is 8.98. The van der Waals surface area contributed by atoms with Gasteiger partial charge in [0, 0.05) is 13.1 Å². The van der Waals surface area contributed by atoms with Gasteiger partial charge in [-0.3, -0.25) is 13.9 Å². The van der Waals surface area contributed by atoms with Crippen molar-refractivity contribution in [3.63, 3.8) is 0 Å². The number of hydrogen-bond acceptors (Lipinski definition) is 5. The first-order valence-electron chi connectivity index (χ1n) is 14.9. The molecule has 4 aromatic rings. The summed E-state index contributed by atoms with van der Waals surface area (Å²) in [6, 6.07) is 28.2. The van der Waals surface area contributed by atoms with Crippen LogP contribution in [-0.2, 0) is 26.2 Å². The van der Waals surface area contributed by atoms with Crippen LogP contribution in [0.4, 0.5) is 10.1 Å². The molecule has 0 heterocycles. The van der Waals surface area contributed by atoms with Gasteiger partial charge in [0.1, 0.15) is 29.9 Å². The van der Waals surface area contributed by atoms with Gasteiger partial charge in [0.2, 0.25) is 11.8 Å². The van der Waals surface area contributed by atoms with Crippen molar-refractivity contribution in [2.24, 2.45) is 0 Å². The highest BCUT2D eigenvalue weighted by atomic mass is 32.2. The second kappa shape index (κ2) is 15.9. The Kier molecular flexibility index (Phi) is 11.7. The second-order valence-corrected chi connectivity index (χ2v) is 12.3. The highest BCUT2D eigenvalue weighted by molar-refractivity contribution is 7.92. The summed E-state index contributed by atoms with van der Waals surface area (Å²) in [5, 5.41) is 2.89. The Balaban J connectivity index is 1.69. The van der Waals surface area contributed by atoms with Gasteiger partial charge in [0.05, 0.1) is 10.6 Å². The maximum atomic E-state index is 14.2. The van der Waals surface area contributed by atoms with E-state index in [4.69, 9.17) is 4.74 Å².